The van der Waals surface area contributed by atoms with Gasteiger partial charge >= 0.3 is 0 Å². The second-order valence-electron chi connectivity index (χ2n) is 7.15. The fraction of sp³-hybridized carbons (Fsp3) is 0.217. The zero-order chi connectivity index (χ0) is 22.1. The van der Waals surface area contributed by atoms with Crippen LogP contribution in [0, 0.1) is 23.7 Å². The highest BCUT2D eigenvalue weighted by molar-refractivity contribution is 5.78. The highest BCUT2D eigenvalue weighted by Gasteiger charge is 2.14. The van der Waals surface area contributed by atoms with Crippen LogP contribution >= 0.6 is 0 Å². The maximum atomic E-state index is 13.1. The largest absolute Gasteiger partial charge is 0.493 e. The van der Waals surface area contributed by atoms with Crippen molar-refractivity contribution in [2.75, 3.05) is 14.2 Å². The van der Waals surface area contributed by atoms with Crippen LogP contribution in [0.25, 0.3) is 16.7 Å². The molecule has 1 aromatic carbocycles. The molecule has 0 spiro atoms. The summed E-state index contributed by atoms with van der Waals surface area (Å²) in [6.07, 6.45) is 2.21. The quantitative estimate of drug-likeness (QED) is 0.505. The van der Waals surface area contributed by atoms with Crippen molar-refractivity contribution in [3.05, 3.63) is 75.1 Å². The third kappa shape index (κ3) is 3.40. The van der Waals surface area contributed by atoms with E-state index in [1.807, 2.05) is 37.3 Å². The molecule has 8 heteroatoms. The predicted octanol–water partition coefficient (Wildman–Crippen LogP) is 2.57. The van der Waals surface area contributed by atoms with E-state index in [4.69, 9.17) is 19.9 Å². The van der Waals surface area contributed by atoms with Gasteiger partial charge in [-0.05, 0) is 48.7 Å². The first-order valence-electron chi connectivity index (χ1n) is 9.69. The van der Waals surface area contributed by atoms with Crippen LogP contribution in [0.1, 0.15) is 16.7 Å². The van der Waals surface area contributed by atoms with Crippen molar-refractivity contribution >= 4 is 16.7 Å². The number of pyridine rings is 2. The Bertz CT molecular complexity index is 1480. The molecule has 8 nitrogen and oxygen atoms in total. The molecule has 0 radical (unpaired) electrons. The summed E-state index contributed by atoms with van der Waals surface area (Å²) in [6, 6.07) is 12.8. The maximum absolute atomic E-state index is 13.1. The number of fused-ring (bicyclic) bond motifs is 2. The molecule has 0 amide bonds. The Hall–Kier alpha value is -4.12. The number of hydrogen-bond acceptors (Lipinski definition) is 6. The fourth-order valence-corrected chi connectivity index (χ4v) is 3.68. The number of methoxy groups -OCH3 is 2. The van der Waals surface area contributed by atoms with Crippen LogP contribution in [-0.2, 0) is 13.0 Å². The Morgan fingerprint density at radius 1 is 1.13 bits per heavy atom. The second kappa shape index (κ2) is 7.95. The van der Waals surface area contributed by atoms with Crippen LogP contribution in [0.15, 0.2) is 47.4 Å². The second-order valence-corrected chi connectivity index (χ2v) is 7.15. The molecule has 0 aliphatic carbocycles. The zero-order valence-electron chi connectivity index (χ0n) is 17.5. The van der Waals surface area contributed by atoms with Crippen molar-refractivity contribution in [1.82, 2.24) is 14.0 Å². The van der Waals surface area contributed by atoms with Crippen LogP contribution in [0.3, 0.4) is 0 Å². The predicted molar refractivity (Wildman–Crippen MR) is 116 cm³/mol. The molecule has 3 heterocycles. The number of nitrogens with one attached hydrogen (secondary N) is 1. The van der Waals surface area contributed by atoms with Gasteiger partial charge < -0.3 is 14.0 Å². The van der Waals surface area contributed by atoms with Gasteiger partial charge in [0.2, 0.25) is 0 Å². The highest BCUT2D eigenvalue weighted by atomic mass is 16.5. The van der Waals surface area contributed by atoms with Gasteiger partial charge in [0.15, 0.2) is 11.5 Å². The zero-order valence-corrected chi connectivity index (χ0v) is 17.5. The van der Waals surface area contributed by atoms with Gasteiger partial charge in [0.25, 0.3) is 5.56 Å². The van der Waals surface area contributed by atoms with Gasteiger partial charge in [-0.1, -0.05) is 12.1 Å². The molecule has 0 aliphatic rings. The van der Waals surface area contributed by atoms with Crippen molar-refractivity contribution in [2.24, 2.45) is 0 Å². The Kier molecular flexibility index (Phi) is 5.17. The van der Waals surface area contributed by atoms with E-state index in [1.54, 1.807) is 31.0 Å². The molecule has 31 heavy (non-hydrogen) atoms. The lowest BCUT2D eigenvalue weighted by Gasteiger charge is -2.14. The van der Waals surface area contributed by atoms with Crippen molar-refractivity contribution in [2.45, 2.75) is 19.9 Å². The van der Waals surface area contributed by atoms with E-state index < -0.39 is 0 Å². The number of rotatable bonds is 5. The molecule has 156 valence electrons. The number of benzene rings is 1. The first-order chi connectivity index (χ1) is 15.0. The lowest BCUT2D eigenvalue weighted by molar-refractivity contribution is 0.354. The Morgan fingerprint density at radius 2 is 1.90 bits per heavy atom. The number of aryl methyl sites for hydroxylation is 3. The topological polar surface area (TPSA) is 105 Å². The van der Waals surface area contributed by atoms with Gasteiger partial charge in [0.1, 0.15) is 22.9 Å². The third-order valence-corrected chi connectivity index (χ3v) is 5.33. The van der Waals surface area contributed by atoms with E-state index in [9.17, 15) is 10.1 Å². The minimum atomic E-state index is -0.264. The molecule has 0 aliphatic heterocycles. The average molecular weight is 415 g/mol. The Morgan fingerprint density at radius 3 is 2.61 bits per heavy atom. The summed E-state index contributed by atoms with van der Waals surface area (Å²) in [5.74, 6) is 1.25. The third-order valence-electron chi connectivity index (χ3n) is 5.33. The standard InChI is InChI=1S/C23H21N5O3/c1-14-5-4-9-28-21(14)26-22-17(23(28)29)12-16(13-24)20(25)27(22)10-8-15-6-7-18(30-2)19(11-15)31-3/h4-7,9,11-12,25H,8,10H2,1-3H3. The molecule has 0 saturated heterocycles. The van der Waals surface area contributed by atoms with E-state index in [0.717, 1.165) is 11.1 Å². The summed E-state index contributed by atoms with van der Waals surface area (Å²) < 4.78 is 13.7. The van der Waals surface area contributed by atoms with Gasteiger partial charge in [0.05, 0.1) is 25.2 Å². The molecular formula is C23H21N5O3. The first-order valence-corrected chi connectivity index (χ1v) is 9.69. The smallest absolute Gasteiger partial charge is 0.267 e. The number of nitrogens with zero attached hydrogens (tertiary/aromatic N) is 4. The van der Waals surface area contributed by atoms with Crippen molar-refractivity contribution < 1.29 is 9.47 Å². The average Bonchev–Trinajstić information content (AvgIpc) is 2.79. The summed E-state index contributed by atoms with van der Waals surface area (Å²) in [5.41, 5.74) is 2.64. The molecule has 0 fully saturated rings. The van der Waals surface area contributed by atoms with E-state index >= 15 is 0 Å². The Balaban J connectivity index is 1.89. The molecule has 0 bridgehead atoms. The van der Waals surface area contributed by atoms with E-state index in [-0.39, 0.29) is 16.6 Å². The van der Waals surface area contributed by atoms with Crippen molar-refractivity contribution in [3.63, 3.8) is 0 Å². The molecule has 0 unspecified atom stereocenters. The first kappa shape index (κ1) is 20.2. The summed E-state index contributed by atoms with van der Waals surface area (Å²) in [4.78, 5) is 17.8. The molecule has 4 aromatic rings. The Labute approximate surface area is 178 Å². The molecule has 4 rings (SSSR count). The van der Waals surface area contributed by atoms with Crippen LogP contribution < -0.4 is 20.5 Å². The number of ether oxygens (including phenoxy) is 2. The summed E-state index contributed by atoms with van der Waals surface area (Å²) >= 11 is 0. The van der Waals surface area contributed by atoms with E-state index in [2.05, 4.69) is 0 Å². The summed E-state index contributed by atoms with van der Waals surface area (Å²) in [6.45, 7) is 2.25. The van der Waals surface area contributed by atoms with E-state index in [1.165, 1.54) is 10.5 Å². The molecular weight excluding hydrogens is 394 g/mol. The monoisotopic (exact) mass is 415 g/mol. The summed E-state index contributed by atoms with van der Waals surface area (Å²) in [5, 5.41) is 18.3. The molecule has 3 aromatic heterocycles. The minimum Gasteiger partial charge on any atom is -0.493 e. The van der Waals surface area contributed by atoms with Crippen LogP contribution in [-0.4, -0.2) is 28.2 Å². The lowest BCUT2D eigenvalue weighted by Crippen LogP contribution is -2.28. The van der Waals surface area contributed by atoms with Gasteiger partial charge in [-0.25, -0.2) is 4.98 Å². The van der Waals surface area contributed by atoms with Gasteiger partial charge in [0, 0.05) is 12.7 Å². The van der Waals surface area contributed by atoms with Crippen LogP contribution in [0.5, 0.6) is 11.5 Å². The van der Waals surface area contributed by atoms with Gasteiger partial charge in [-0.2, -0.15) is 5.26 Å². The van der Waals surface area contributed by atoms with Crippen molar-refractivity contribution in [3.8, 4) is 17.6 Å². The van der Waals surface area contributed by atoms with Crippen molar-refractivity contribution in [1.29, 1.82) is 10.7 Å². The number of hydrogen-bond donors (Lipinski definition) is 1. The number of nitriles is 1. The molecule has 1 N–H and O–H groups in total. The highest BCUT2D eigenvalue weighted by Crippen LogP contribution is 2.27. The normalized spacial score (nSPS) is 10.9. The van der Waals surface area contributed by atoms with Crippen LogP contribution in [0.4, 0.5) is 0 Å². The lowest BCUT2D eigenvalue weighted by atomic mass is 10.1. The van der Waals surface area contributed by atoms with Gasteiger partial charge in [-0.3, -0.25) is 14.6 Å². The summed E-state index contributed by atoms with van der Waals surface area (Å²) in [7, 11) is 3.16. The SMILES string of the molecule is COc1ccc(CCn2c(=N)c(C#N)cc3c(=O)n4cccc(C)c4nc32)cc1OC. The molecule has 0 atom stereocenters. The van der Waals surface area contributed by atoms with Gasteiger partial charge in [-0.15, -0.1) is 0 Å². The minimum absolute atomic E-state index is 0.0281. The van der Waals surface area contributed by atoms with E-state index in [0.29, 0.717) is 41.1 Å². The fourth-order valence-electron chi connectivity index (χ4n) is 3.68. The number of aromatic nitrogens is 3. The maximum Gasteiger partial charge on any atom is 0.267 e. The van der Waals surface area contributed by atoms with Crippen LogP contribution in [0.2, 0.25) is 0 Å². The molecule has 0 saturated carbocycles.